The van der Waals surface area contributed by atoms with Gasteiger partial charge in [-0.15, -0.1) is 0 Å². The number of aromatic nitrogens is 2. The van der Waals surface area contributed by atoms with Gasteiger partial charge in [0.15, 0.2) is 0 Å². The summed E-state index contributed by atoms with van der Waals surface area (Å²) >= 11 is 0. The molecule has 0 radical (unpaired) electrons. The Hall–Kier alpha value is -1.68. The highest BCUT2D eigenvalue weighted by molar-refractivity contribution is 5.78. The van der Waals surface area contributed by atoms with Gasteiger partial charge in [-0.1, -0.05) is 13.0 Å². The van der Waals surface area contributed by atoms with Gasteiger partial charge in [0.1, 0.15) is 5.82 Å². The van der Waals surface area contributed by atoms with Crippen molar-refractivity contribution in [2.75, 3.05) is 6.61 Å². The molecule has 1 aromatic carbocycles. The van der Waals surface area contributed by atoms with Crippen LogP contribution >= 0.6 is 0 Å². The topological polar surface area (TPSA) is 55.0 Å². The number of fused-ring (bicyclic) bond motifs is 1. The average Bonchev–Trinajstić information content (AvgIpc) is 2.48. The van der Waals surface area contributed by atoms with Crippen LogP contribution in [0.25, 0.3) is 10.9 Å². The second kappa shape index (κ2) is 5.75. The maximum Gasteiger partial charge on any atom is 0.258 e. The summed E-state index contributed by atoms with van der Waals surface area (Å²) in [6, 6.07) is 5.91. The highest BCUT2D eigenvalue weighted by Gasteiger charge is 2.16. The SMILES string of the molecule is CCc1ccc2nc(CC3CCCCO3)[nH]c(=O)c2c1. The molecule has 1 aliphatic rings. The molecule has 1 fully saturated rings. The van der Waals surface area contributed by atoms with Gasteiger partial charge in [0, 0.05) is 13.0 Å². The maximum absolute atomic E-state index is 12.2. The summed E-state index contributed by atoms with van der Waals surface area (Å²) in [5, 5.41) is 0.678. The summed E-state index contributed by atoms with van der Waals surface area (Å²) in [5.41, 5.74) is 1.89. The lowest BCUT2D eigenvalue weighted by molar-refractivity contribution is 0.0156. The van der Waals surface area contributed by atoms with Crippen LogP contribution in [0.1, 0.15) is 37.6 Å². The molecule has 0 spiro atoms. The zero-order valence-electron chi connectivity index (χ0n) is 11.8. The Labute approximate surface area is 118 Å². The Balaban J connectivity index is 1.91. The number of aryl methyl sites for hydroxylation is 1. The molecule has 2 aromatic rings. The van der Waals surface area contributed by atoms with Crippen molar-refractivity contribution in [3.8, 4) is 0 Å². The number of hydrogen-bond donors (Lipinski definition) is 1. The van der Waals surface area contributed by atoms with E-state index in [0.29, 0.717) is 11.8 Å². The lowest BCUT2D eigenvalue weighted by Crippen LogP contribution is -2.24. The van der Waals surface area contributed by atoms with Crippen LogP contribution in [0.4, 0.5) is 0 Å². The van der Waals surface area contributed by atoms with Gasteiger partial charge in [0.2, 0.25) is 0 Å². The Morgan fingerprint density at radius 3 is 3.05 bits per heavy atom. The Morgan fingerprint density at radius 1 is 1.40 bits per heavy atom. The van der Waals surface area contributed by atoms with Crippen LogP contribution in [-0.2, 0) is 17.6 Å². The van der Waals surface area contributed by atoms with Crippen LogP contribution < -0.4 is 5.56 Å². The molecule has 3 rings (SSSR count). The van der Waals surface area contributed by atoms with Gasteiger partial charge >= 0.3 is 0 Å². The van der Waals surface area contributed by atoms with Crippen molar-refractivity contribution >= 4 is 10.9 Å². The molecule has 0 saturated carbocycles. The number of nitrogens with zero attached hydrogens (tertiary/aromatic N) is 1. The molecule has 0 bridgehead atoms. The molecule has 1 aromatic heterocycles. The van der Waals surface area contributed by atoms with Crippen LogP contribution in [0.15, 0.2) is 23.0 Å². The third-order valence-corrected chi connectivity index (χ3v) is 3.92. The minimum Gasteiger partial charge on any atom is -0.378 e. The zero-order valence-corrected chi connectivity index (χ0v) is 11.8. The van der Waals surface area contributed by atoms with E-state index in [0.717, 1.165) is 42.8 Å². The van der Waals surface area contributed by atoms with Crippen molar-refractivity contribution in [2.24, 2.45) is 0 Å². The van der Waals surface area contributed by atoms with E-state index in [-0.39, 0.29) is 11.7 Å². The summed E-state index contributed by atoms with van der Waals surface area (Å²) in [6.45, 7) is 2.90. The fourth-order valence-electron chi connectivity index (χ4n) is 2.73. The van der Waals surface area contributed by atoms with Crippen LogP contribution in [0.2, 0.25) is 0 Å². The van der Waals surface area contributed by atoms with Crippen LogP contribution in [0, 0.1) is 0 Å². The van der Waals surface area contributed by atoms with Crippen molar-refractivity contribution in [3.05, 3.63) is 39.9 Å². The average molecular weight is 272 g/mol. The van der Waals surface area contributed by atoms with Crippen molar-refractivity contribution < 1.29 is 4.74 Å². The molecule has 1 aliphatic heterocycles. The molecule has 4 nitrogen and oxygen atoms in total. The maximum atomic E-state index is 12.2. The Bertz CT molecular complexity index is 657. The minimum absolute atomic E-state index is 0.0453. The first-order valence-electron chi connectivity index (χ1n) is 7.39. The van der Waals surface area contributed by atoms with Crippen molar-refractivity contribution in [2.45, 2.75) is 45.1 Å². The Morgan fingerprint density at radius 2 is 2.30 bits per heavy atom. The number of benzene rings is 1. The molecule has 4 heteroatoms. The summed E-state index contributed by atoms with van der Waals surface area (Å²) in [6.07, 6.45) is 5.20. The number of rotatable bonds is 3. The van der Waals surface area contributed by atoms with Gasteiger partial charge in [-0.2, -0.15) is 0 Å². The van der Waals surface area contributed by atoms with Crippen LogP contribution in [0.3, 0.4) is 0 Å². The third kappa shape index (κ3) is 2.75. The number of hydrogen-bond acceptors (Lipinski definition) is 3. The van der Waals surface area contributed by atoms with Gasteiger partial charge < -0.3 is 9.72 Å². The molecular weight excluding hydrogens is 252 g/mol. The smallest absolute Gasteiger partial charge is 0.258 e. The fourth-order valence-corrected chi connectivity index (χ4v) is 2.73. The lowest BCUT2D eigenvalue weighted by Gasteiger charge is -2.21. The first-order valence-corrected chi connectivity index (χ1v) is 7.39. The normalized spacial score (nSPS) is 19.4. The summed E-state index contributed by atoms with van der Waals surface area (Å²) in [7, 11) is 0. The van der Waals surface area contributed by atoms with E-state index in [4.69, 9.17) is 4.74 Å². The molecule has 0 aliphatic carbocycles. The lowest BCUT2D eigenvalue weighted by atomic mass is 10.1. The summed E-state index contributed by atoms with van der Waals surface area (Å²) in [5.74, 6) is 0.735. The molecule has 1 N–H and O–H groups in total. The summed E-state index contributed by atoms with van der Waals surface area (Å²) < 4.78 is 5.71. The van der Waals surface area contributed by atoms with Gasteiger partial charge in [-0.05, 0) is 43.4 Å². The van der Waals surface area contributed by atoms with Gasteiger partial charge in [-0.25, -0.2) is 4.98 Å². The van der Waals surface area contributed by atoms with Crippen molar-refractivity contribution in [1.82, 2.24) is 9.97 Å². The van der Waals surface area contributed by atoms with E-state index in [2.05, 4.69) is 16.9 Å². The van der Waals surface area contributed by atoms with Crippen LogP contribution in [0.5, 0.6) is 0 Å². The van der Waals surface area contributed by atoms with E-state index in [1.807, 2.05) is 18.2 Å². The highest BCUT2D eigenvalue weighted by atomic mass is 16.5. The second-order valence-corrected chi connectivity index (χ2v) is 5.41. The molecule has 1 unspecified atom stereocenters. The fraction of sp³-hybridized carbons (Fsp3) is 0.500. The first kappa shape index (κ1) is 13.3. The van der Waals surface area contributed by atoms with E-state index in [9.17, 15) is 4.79 Å². The van der Waals surface area contributed by atoms with E-state index in [1.165, 1.54) is 6.42 Å². The largest absolute Gasteiger partial charge is 0.378 e. The molecule has 106 valence electrons. The standard InChI is InChI=1S/C16H20N2O2/c1-2-11-6-7-14-13(9-11)16(19)18-15(17-14)10-12-5-3-4-8-20-12/h6-7,9,12H,2-5,8,10H2,1H3,(H,17,18,19). The van der Waals surface area contributed by atoms with Crippen molar-refractivity contribution in [1.29, 1.82) is 0 Å². The van der Waals surface area contributed by atoms with Crippen molar-refractivity contribution in [3.63, 3.8) is 0 Å². The third-order valence-electron chi connectivity index (χ3n) is 3.92. The minimum atomic E-state index is -0.0453. The molecule has 1 saturated heterocycles. The number of nitrogens with one attached hydrogen (secondary N) is 1. The molecule has 1 atom stereocenters. The summed E-state index contributed by atoms with van der Waals surface area (Å²) in [4.78, 5) is 19.6. The molecular formula is C16H20N2O2. The van der Waals surface area contributed by atoms with Gasteiger partial charge in [0.25, 0.3) is 5.56 Å². The Kier molecular flexibility index (Phi) is 3.83. The highest BCUT2D eigenvalue weighted by Crippen LogP contribution is 2.17. The number of aromatic amines is 1. The molecule has 20 heavy (non-hydrogen) atoms. The van der Waals surface area contributed by atoms with Crippen LogP contribution in [-0.4, -0.2) is 22.7 Å². The van der Waals surface area contributed by atoms with E-state index >= 15 is 0 Å². The number of H-pyrrole nitrogens is 1. The molecule has 2 heterocycles. The van der Waals surface area contributed by atoms with Gasteiger partial charge in [-0.3, -0.25) is 4.79 Å². The first-order chi connectivity index (χ1) is 9.76. The molecule has 0 amide bonds. The quantitative estimate of drug-likeness (QED) is 0.934. The second-order valence-electron chi connectivity index (χ2n) is 5.41. The van der Waals surface area contributed by atoms with Gasteiger partial charge in [0.05, 0.1) is 17.0 Å². The predicted octanol–water partition coefficient (Wildman–Crippen LogP) is 2.60. The number of ether oxygens (including phenoxy) is 1. The van der Waals surface area contributed by atoms with E-state index in [1.54, 1.807) is 0 Å². The van der Waals surface area contributed by atoms with E-state index < -0.39 is 0 Å². The predicted molar refractivity (Wildman–Crippen MR) is 79.0 cm³/mol. The monoisotopic (exact) mass is 272 g/mol. The zero-order chi connectivity index (χ0) is 13.9.